The first-order valence-electron chi connectivity index (χ1n) is 6.75. The summed E-state index contributed by atoms with van der Waals surface area (Å²) < 4.78 is 1.82. The first-order chi connectivity index (χ1) is 8.67. The molecule has 1 fully saturated rings. The van der Waals surface area contributed by atoms with Gasteiger partial charge in [-0.05, 0) is 26.3 Å². The average molecular weight is 250 g/mol. The van der Waals surface area contributed by atoms with Crippen molar-refractivity contribution in [3.05, 3.63) is 17.5 Å². The standard InChI is InChI=1S/C13H22N4O/c1-4-11-8-12(17(5-2)15-11)13(18)16-7-6-14-9-10(16)3/h8,10,14H,4-7,9H2,1-3H3. The molecule has 2 heterocycles. The van der Waals surface area contributed by atoms with Gasteiger partial charge in [0.05, 0.1) is 5.69 Å². The molecule has 5 nitrogen and oxygen atoms in total. The Bertz CT molecular complexity index is 427. The second kappa shape index (κ2) is 5.52. The van der Waals surface area contributed by atoms with Crippen LogP contribution >= 0.6 is 0 Å². The lowest BCUT2D eigenvalue weighted by Gasteiger charge is -2.33. The van der Waals surface area contributed by atoms with Crippen molar-refractivity contribution in [1.82, 2.24) is 20.0 Å². The van der Waals surface area contributed by atoms with Crippen LogP contribution in [0.4, 0.5) is 0 Å². The molecule has 1 aliphatic heterocycles. The number of piperazine rings is 1. The normalized spacial score (nSPS) is 20.2. The number of hydrogen-bond acceptors (Lipinski definition) is 3. The Morgan fingerprint density at radius 1 is 1.56 bits per heavy atom. The number of amides is 1. The summed E-state index contributed by atoms with van der Waals surface area (Å²) in [6.45, 7) is 9.41. The highest BCUT2D eigenvalue weighted by atomic mass is 16.2. The molecule has 1 unspecified atom stereocenters. The highest BCUT2D eigenvalue weighted by Gasteiger charge is 2.26. The average Bonchev–Trinajstić information content (AvgIpc) is 2.82. The molecule has 100 valence electrons. The maximum atomic E-state index is 12.6. The molecule has 0 aromatic carbocycles. The summed E-state index contributed by atoms with van der Waals surface area (Å²) in [4.78, 5) is 14.5. The molecule has 1 atom stereocenters. The number of carbonyl (C=O) groups is 1. The molecule has 2 rings (SSSR count). The summed E-state index contributed by atoms with van der Waals surface area (Å²) in [5, 5.41) is 7.74. The third-order valence-corrected chi connectivity index (χ3v) is 3.47. The number of hydrogen-bond donors (Lipinski definition) is 1. The van der Waals surface area contributed by atoms with Crippen molar-refractivity contribution in [2.24, 2.45) is 0 Å². The van der Waals surface area contributed by atoms with E-state index in [1.807, 2.05) is 22.6 Å². The van der Waals surface area contributed by atoms with Gasteiger partial charge in [0.15, 0.2) is 0 Å². The zero-order valence-corrected chi connectivity index (χ0v) is 11.4. The fourth-order valence-corrected chi connectivity index (χ4v) is 2.35. The summed E-state index contributed by atoms with van der Waals surface area (Å²) in [7, 11) is 0. The predicted octanol–water partition coefficient (Wildman–Crippen LogP) is 0.899. The Hall–Kier alpha value is -1.36. The zero-order chi connectivity index (χ0) is 13.1. The molecule has 1 N–H and O–H groups in total. The Labute approximate surface area is 108 Å². The first kappa shape index (κ1) is 13.1. The molecule has 0 radical (unpaired) electrons. The van der Waals surface area contributed by atoms with Crippen LogP contribution in [0, 0.1) is 0 Å². The van der Waals surface area contributed by atoms with E-state index < -0.39 is 0 Å². The largest absolute Gasteiger partial charge is 0.332 e. The van der Waals surface area contributed by atoms with E-state index in [4.69, 9.17) is 0 Å². The summed E-state index contributed by atoms with van der Waals surface area (Å²) in [6.07, 6.45) is 0.865. The lowest BCUT2D eigenvalue weighted by atomic mass is 10.2. The minimum atomic E-state index is 0.109. The van der Waals surface area contributed by atoms with Crippen molar-refractivity contribution in [2.75, 3.05) is 19.6 Å². The molecule has 1 saturated heterocycles. The van der Waals surface area contributed by atoms with Gasteiger partial charge in [-0.15, -0.1) is 0 Å². The molecule has 1 amide bonds. The van der Waals surface area contributed by atoms with Gasteiger partial charge in [-0.1, -0.05) is 6.92 Å². The minimum absolute atomic E-state index is 0.109. The Kier molecular flexibility index (Phi) is 4.01. The first-order valence-corrected chi connectivity index (χ1v) is 6.75. The van der Waals surface area contributed by atoms with Gasteiger partial charge in [-0.2, -0.15) is 5.10 Å². The highest BCUT2D eigenvalue weighted by molar-refractivity contribution is 5.93. The van der Waals surface area contributed by atoms with Gasteiger partial charge in [-0.3, -0.25) is 9.48 Å². The molecule has 1 aromatic heterocycles. The summed E-state index contributed by atoms with van der Waals surface area (Å²) in [5.74, 6) is 0.109. The lowest BCUT2D eigenvalue weighted by Crippen LogP contribution is -2.52. The van der Waals surface area contributed by atoms with Gasteiger partial charge in [0.2, 0.25) is 0 Å². The molecule has 0 saturated carbocycles. The topological polar surface area (TPSA) is 50.2 Å². The van der Waals surface area contributed by atoms with Crippen LogP contribution in [0.1, 0.15) is 37.0 Å². The number of rotatable bonds is 3. The number of aryl methyl sites for hydroxylation is 2. The predicted molar refractivity (Wildman–Crippen MR) is 70.6 cm³/mol. The fourth-order valence-electron chi connectivity index (χ4n) is 2.35. The van der Waals surface area contributed by atoms with Crippen molar-refractivity contribution in [3.63, 3.8) is 0 Å². The van der Waals surface area contributed by atoms with Gasteiger partial charge >= 0.3 is 0 Å². The maximum absolute atomic E-state index is 12.6. The monoisotopic (exact) mass is 250 g/mol. The van der Waals surface area contributed by atoms with Gasteiger partial charge < -0.3 is 10.2 Å². The van der Waals surface area contributed by atoms with Crippen molar-refractivity contribution in [2.45, 2.75) is 39.8 Å². The number of nitrogens with one attached hydrogen (secondary N) is 1. The van der Waals surface area contributed by atoms with Gasteiger partial charge in [-0.25, -0.2) is 0 Å². The molecular weight excluding hydrogens is 228 g/mol. The maximum Gasteiger partial charge on any atom is 0.272 e. The highest BCUT2D eigenvalue weighted by Crippen LogP contribution is 2.12. The van der Waals surface area contributed by atoms with Crippen LogP contribution in [0.15, 0.2) is 6.07 Å². The Balaban J connectivity index is 2.24. The molecule has 0 spiro atoms. The van der Waals surface area contributed by atoms with Crippen molar-refractivity contribution >= 4 is 5.91 Å². The van der Waals surface area contributed by atoms with Crippen molar-refractivity contribution in [3.8, 4) is 0 Å². The van der Waals surface area contributed by atoms with Crippen LogP contribution in [0.5, 0.6) is 0 Å². The molecule has 18 heavy (non-hydrogen) atoms. The van der Waals surface area contributed by atoms with Crippen LogP contribution in [0.2, 0.25) is 0 Å². The van der Waals surface area contributed by atoms with E-state index in [1.54, 1.807) is 0 Å². The second-order valence-corrected chi connectivity index (χ2v) is 4.74. The van der Waals surface area contributed by atoms with Gasteiger partial charge in [0, 0.05) is 32.2 Å². The van der Waals surface area contributed by atoms with Crippen LogP contribution in [-0.2, 0) is 13.0 Å². The summed E-state index contributed by atoms with van der Waals surface area (Å²) in [6, 6.07) is 2.18. The van der Waals surface area contributed by atoms with E-state index in [0.717, 1.165) is 44.0 Å². The van der Waals surface area contributed by atoms with E-state index in [-0.39, 0.29) is 11.9 Å². The molecular formula is C13H22N4O. The van der Waals surface area contributed by atoms with Crippen LogP contribution in [0.3, 0.4) is 0 Å². The lowest BCUT2D eigenvalue weighted by molar-refractivity contribution is 0.0643. The Morgan fingerprint density at radius 3 is 2.94 bits per heavy atom. The third-order valence-electron chi connectivity index (χ3n) is 3.47. The molecule has 1 aromatic rings. The molecule has 0 bridgehead atoms. The number of aromatic nitrogens is 2. The van der Waals surface area contributed by atoms with Crippen LogP contribution in [-0.4, -0.2) is 46.3 Å². The quantitative estimate of drug-likeness (QED) is 0.867. The number of nitrogens with zero attached hydrogens (tertiary/aromatic N) is 3. The van der Waals surface area contributed by atoms with Crippen LogP contribution in [0.25, 0.3) is 0 Å². The molecule has 1 aliphatic rings. The van der Waals surface area contributed by atoms with E-state index in [0.29, 0.717) is 0 Å². The SMILES string of the molecule is CCc1cc(C(=O)N2CCNCC2C)n(CC)n1. The third kappa shape index (κ3) is 2.41. The van der Waals surface area contributed by atoms with Crippen molar-refractivity contribution in [1.29, 1.82) is 0 Å². The van der Waals surface area contributed by atoms with E-state index in [1.165, 1.54) is 0 Å². The van der Waals surface area contributed by atoms with E-state index >= 15 is 0 Å². The van der Waals surface area contributed by atoms with Crippen molar-refractivity contribution < 1.29 is 4.79 Å². The minimum Gasteiger partial charge on any atom is -0.332 e. The summed E-state index contributed by atoms with van der Waals surface area (Å²) in [5.41, 5.74) is 1.71. The smallest absolute Gasteiger partial charge is 0.272 e. The van der Waals surface area contributed by atoms with Gasteiger partial charge in [0.1, 0.15) is 5.69 Å². The molecule has 5 heteroatoms. The fraction of sp³-hybridized carbons (Fsp3) is 0.692. The van der Waals surface area contributed by atoms with Crippen LogP contribution < -0.4 is 5.32 Å². The number of carbonyl (C=O) groups excluding carboxylic acids is 1. The summed E-state index contributed by atoms with van der Waals surface area (Å²) >= 11 is 0. The Morgan fingerprint density at radius 2 is 2.33 bits per heavy atom. The second-order valence-electron chi connectivity index (χ2n) is 4.74. The molecule has 0 aliphatic carbocycles. The van der Waals surface area contributed by atoms with E-state index in [2.05, 4.69) is 24.3 Å². The van der Waals surface area contributed by atoms with Gasteiger partial charge in [0.25, 0.3) is 5.91 Å². The van der Waals surface area contributed by atoms with E-state index in [9.17, 15) is 4.79 Å². The zero-order valence-electron chi connectivity index (χ0n) is 11.4.